The van der Waals surface area contributed by atoms with E-state index in [1.165, 1.54) is 0 Å². The minimum atomic E-state index is -5.94. The zero-order valence-corrected chi connectivity index (χ0v) is 12.8. The molecule has 1 amide bonds. The number of hydrogen-bond acceptors (Lipinski definition) is 5. The van der Waals surface area contributed by atoms with Gasteiger partial charge in [-0.05, 0) is 17.2 Å². The van der Waals surface area contributed by atoms with Crippen LogP contribution in [0, 0.1) is 0 Å². The van der Waals surface area contributed by atoms with Crippen molar-refractivity contribution < 1.29 is 31.5 Å². The SMILES string of the molecule is O=C(Nc1nc(Cl)nc(C(F)(F)C(F)(F)F)n1)OCc1ccccc1. The maximum absolute atomic E-state index is 13.2. The number of halogens is 6. The van der Waals surface area contributed by atoms with Crippen molar-refractivity contribution in [3.63, 3.8) is 0 Å². The van der Waals surface area contributed by atoms with E-state index in [1.54, 1.807) is 30.3 Å². The number of hydrogen-bond donors (Lipinski definition) is 1. The summed E-state index contributed by atoms with van der Waals surface area (Å²) >= 11 is 5.31. The Labute approximate surface area is 142 Å². The van der Waals surface area contributed by atoms with Gasteiger partial charge < -0.3 is 4.74 Å². The summed E-state index contributed by atoms with van der Waals surface area (Å²) in [6, 6.07) is 8.41. The van der Waals surface area contributed by atoms with Crippen molar-refractivity contribution in [2.45, 2.75) is 18.7 Å². The second-order valence-electron chi connectivity index (χ2n) is 4.51. The van der Waals surface area contributed by atoms with Crippen LogP contribution in [0.1, 0.15) is 11.4 Å². The van der Waals surface area contributed by atoms with Crippen LogP contribution in [0.2, 0.25) is 5.28 Å². The Bertz CT molecular complexity index is 758. The molecule has 0 atom stereocenters. The normalized spacial score (nSPS) is 11.9. The van der Waals surface area contributed by atoms with Gasteiger partial charge in [0.05, 0.1) is 0 Å². The quantitative estimate of drug-likeness (QED) is 0.811. The van der Waals surface area contributed by atoms with Gasteiger partial charge in [-0.25, -0.2) is 4.79 Å². The Morgan fingerprint density at radius 1 is 1.08 bits per heavy atom. The van der Waals surface area contributed by atoms with Crippen LogP contribution in [-0.4, -0.2) is 27.2 Å². The number of benzene rings is 1. The molecule has 0 aliphatic heterocycles. The summed E-state index contributed by atoms with van der Waals surface area (Å²) in [5.74, 6) is -8.22. The number of anilines is 1. The summed E-state index contributed by atoms with van der Waals surface area (Å²) < 4.78 is 68.3. The number of rotatable bonds is 4. The molecular formula is C13H8ClF5N4O2. The first-order chi connectivity index (χ1) is 11.6. The molecule has 0 bridgehead atoms. The van der Waals surface area contributed by atoms with Crippen molar-refractivity contribution in [1.82, 2.24) is 15.0 Å². The van der Waals surface area contributed by atoms with Gasteiger partial charge in [0.1, 0.15) is 6.61 Å². The summed E-state index contributed by atoms with van der Waals surface area (Å²) in [6.45, 7) is -0.170. The van der Waals surface area contributed by atoms with E-state index in [-0.39, 0.29) is 6.61 Å². The lowest BCUT2D eigenvalue weighted by Gasteiger charge is -2.18. The third-order valence-electron chi connectivity index (χ3n) is 2.67. The molecule has 2 aromatic rings. The first-order valence-electron chi connectivity index (χ1n) is 6.44. The second kappa shape index (κ2) is 7.13. The fourth-order valence-electron chi connectivity index (χ4n) is 1.52. The Balaban J connectivity index is 2.11. The molecule has 0 aliphatic rings. The topological polar surface area (TPSA) is 77.0 Å². The molecule has 6 nitrogen and oxygen atoms in total. The third-order valence-corrected chi connectivity index (χ3v) is 2.84. The molecule has 1 heterocycles. The molecule has 0 saturated carbocycles. The number of nitrogens with zero attached hydrogens (tertiary/aromatic N) is 3. The summed E-state index contributed by atoms with van der Waals surface area (Å²) in [4.78, 5) is 20.5. The van der Waals surface area contributed by atoms with Gasteiger partial charge in [0, 0.05) is 0 Å². The van der Waals surface area contributed by atoms with Crippen LogP contribution in [-0.2, 0) is 17.3 Å². The molecule has 1 aromatic carbocycles. The smallest absolute Gasteiger partial charge is 0.444 e. The van der Waals surface area contributed by atoms with Crippen molar-refractivity contribution in [3.8, 4) is 0 Å². The lowest BCUT2D eigenvalue weighted by Crippen LogP contribution is -2.36. The number of nitrogens with one attached hydrogen (secondary N) is 1. The van der Waals surface area contributed by atoms with E-state index in [0.29, 0.717) is 5.56 Å². The fourth-order valence-corrected chi connectivity index (χ4v) is 1.68. The molecule has 25 heavy (non-hydrogen) atoms. The second-order valence-corrected chi connectivity index (χ2v) is 4.85. The fraction of sp³-hybridized carbons (Fsp3) is 0.231. The van der Waals surface area contributed by atoms with Gasteiger partial charge in [0.25, 0.3) is 0 Å². The van der Waals surface area contributed by atoms with E-state index in [4.69, 9.17) is 16.3 Å². The number of alkyl halides is 5. The van der Waals surface area contributed by atoms with Crippen LogP contribution in [0.4, 0.5) is 32.7 Å². The van der Waals surface area contributed by atoms with Gasteiger partial charge in [-0.3, -0.25) is 5.32 Å². The summed E-state index contributed by atoms with van der Waals surface area (Å²) in [7, 11) is 0. The molecule has 0 aliphatic carbocycles. The minimum absolute atomic E-state index is 0.170. The van der Waals surface area contributed by atoms with Crippen molar-refractivity contribution in [2.75, 3.05) is 5.32 Å². The van der Waals surface area contributed by atoms with Crippen LogP contribution >= 0.6 is 11.6 Å². The number of ether oxygens (including phenoxy) is 1. The Hall–Kier alpha value is -2.56. The van der Waals surface area contributed by atoms with Crippen LogP contribution in [0.25, 0.3) is 0 Å². The minimum Gasteiger partial charge on any atom is -0.444 e. The third kappa shape index (κ3) is 4.72. The highest BCUT2D eigenvalue weighted by molar-refractivity contribution is 6.28. The summed E-state index contributed by atoms with van der Waals surface area (Å²) in [5.41, 5.74) is 0.621. The number of carbonyl (C=O) groups excluding carboxylic acids is 1. The number of amides is 1. The molecule has 0 spiro atoms. The van der Waals surface area contributed by atoms with Crippen molar-refractivity contribution >= 4 is 23.6 Å². The van der Waals surface area contributed by atoms with E-state index in [9.17, 15) is 26.7 Å². The molecule has 0 radical (unpaired) electrons. The molecule has 1 N–H and O–H groups in total. The largest absolute Gasteiger partial charge is 0.461 e. The Kier molecular flexibility index (Phi) is 5.36. The highest BCUT2D eigenvalue weighted by atomic mass is 35.5. The van der Waals surface area contributed by atoms with Crippen LogP contribution in [0.15, 0.2) is 30.3 Å². The zero-order valence-electron chi connectivity index (χ0n) is 12.0. The van der Waals surface area contributed by atoms with Crippen LogP contribution in [0.3, 0.4) is 0 Å². The molecular weight excluding hydrogens is 375 g/mol. The van der Waals surface area contributed by atoms with Gasteiger partial charge in [-0.1, -0.05) is 30.3 Å². The molecule has 2 rings (SSSR count). The van der Waals surface area contributed by atoms with E-state index < -0.39 is 35.2 Å². The lowest BCUT2D eigenvalue weighted by molar-refractivity contribution is -0.292. The first kappa shape index (κ1) is 18.8. The predicted molar refractivity (Wildman–Crippen MR) is 75.0 cm³/mol. The lowest BCUT2D eigenvalue weighted by atomic mass is 10.2. The maximum Gasteiger partial charge on any atom is 0.461 e. The summed E-state index contributed by atoms with van der Waals surface area (Å²) in [6.07, 6.45) is -7.12. The zero-order chi connectivity index (χ0) is 18.7. The standard InChI is InChI=1S/C13H8ClF5N4O2/c14-9-20-8(12(15,16)13(17,18)19)21-10(22-9)23-11(24)25-6-7-4-2-1-3-5-7/h1-5H,6H2,(H,20,21,22,23,24). The Morgan fingerprint density at radius 3 is 2.32 bits per heavy atom. The van der Waals surface area contributed by atoms with Crippen molar-refractivity contribution in [1.29, 1.82) is 0 Å². The molecule has 0 saturated heterocycles. The average molecular weight is 383 g/mol. The van der Waals surface area contributed by atoms with Crippen molar-refractivity contribution in [2.24, 2.45) is 0 Å². The molecule has 0 fully saturated rings. The van der Waals surface area contributed by atoms with Crippen molar-refractivity contribution in [3.05, 3.63) is 47.0 Å². The van der Waals surface area contributed by atoms with Crippen LogP contribution < -0.4 is 5.32 Å². The number of aromatic nitrogens is 3. The molecule has 134 valence electrons. The molecule has 12 heteroatoms. The van der Waals surface area contributed by atoms with E-state index in [0.717, 1.165) is 0 Å². The average Bonchev–Trinajstić information content (AvgIpc) is 2.52. The molecule has 0 unspecified atom stereocenters. The first-order valence-corrected chi connectivity index (χ1v) is 6.81. The summed E-state index contributed by atoms with van der Waals surface area (Å²) in [5, 5.41) is 0.857. The van der Waals surface area contributed by atoms with Crippen LogP contribution in [0.5, 0.6) is 0 Å². The highest BCUT2D eigenvalue weighted by Crippen LogP contribution is 2.42. The van der Waals surface area contributed by atoms with Gasteiger partial charge in [-0.2, -0.15) is 36.9 Å². The van der Waals surface area contributed by atoms with E-state index in [1.807, 2.05) is 5.32 Å². The van der Waals surface area contributed by atoms with Gasteiger partial charge >= 0.3 is 18.2 Å². The van der Waals surface area contributed by atoms with Gasteiger partial charge in [0.2, 0.25) is 17.1 Å². The molecule has 1 aromatic heterocycles. The highest BCUT2D eigenvalue weighted by Gasteiger charge is 2.61. The Morgan fingerprint density at radius 2 is 1.72 bits per heavy atom. The van der Waals surface area contributed by atoms with E-state index >= 15 is 0 Å². The monoisotopic (exact) mass is 382 g/mol. The van der Waals surface area contributed by atoms with Gasteiger partial charge in [-0.15, -0.1) is 0 Å². The van der Waals surface area contributed by atoms with E-state index in [2.05, 4.69) is 15.0 Å². The van der Waals surface area contributed by atoms with Gasteiger partial charge in [0.15, 0.2) is 0 Å². The maximum atomic E-state index is 13.2. The predicted octanol–water partition coefficient (Wildman–Crippen LogP) is 3.93. The number of carbonyl (C=O) groups is 1.